The van der Waals surface area contributed by atoms with Crippen LogP contribution in [0.25, 0.3) is 0 Å². The van der Waals surface area contributed by atoms with E-state index >= 15 is 0 Å². The number of anilines is 1. The van der Waals surface area contributed by atoms with Crippen molar-refractivity contribution in [3.63, 3.8) is 0 Å². The molecule has 3 rings (SSSR count). The maximum Gasteiger partial charge on any atom is 0.291 e. The van der Waals surface area contributed by atoms with Gasteiger partial charge in [-0.3, -0.25) is 4.79 Å². The monoisotopic (exact) mass is 536 g/mol. The number of rotatable bonds is 7. The zero-order chi connectivity index (χ0) is 21.3. The molecule has 3 N–H and O–H groups in total. The van der Waals surface area contributed by atoms with Crippen LogP contribution in [0.4, 0.5) is 10.1 Å². The fraction of sp³-hybridized carbons (Fsp3) is 0.217. The summed E-state index contributed by atoms with van der Waals surface area (Å²) in [4.78, 5) is 16.7. The number of aliphatic imine (C=N–C) groups is 1. The summed E-state index contributed by atoms with van der Waals surface area (Å²) in [7, 11) is 0. The Morgan fingerprint density at radius 3 is 2.61 bits per heavy atom. The van der Waals surface area contributed by atoms with E-state index < -0.39 is 0 Å². The Balaban J connectivity index is 0.00000341. The Kier molecular flexibility index (Phi) is 9.51. The van der Waals surface area contributed by atoms with E-state index in [1.165, 1.54) is 12.3 Å². The zero-order valence-electron chi connectivity index (χ0n) is 17.4. The molecule has 0 aliphatic rings. The molecule has 6 nitrogen and oxygen atoms in total. The standard InChI is InChI=1S/C23H25FN4O2.HI/c1-3-25-23(27-15-18-10-9-16(2)20(24)13-18)26-14-17-6-4-7-19(12-17)28-22(29)21-8-5-11-30-21;/h4-13H,3,14-15H2,1-2H3,(H,28,29)(H2,25,26,27);1H. The Labute approximate surface area is 198 Å². The van der Waals surface area contributed by atoms with Crippen molar-refractivity contribution in [1.82, 2.24) is 10.6 Å². The van der Waals surface area contributed by atoms with Gasteiger partial charge in [-0.05, 0) is 60.9 Å². The minimum Gasteiger partial charge on any atom is -0.459 e. The van der Waals surface area contributed by atoms with E-state index in [0.29, 0.717) is 36.8 Å². The second kappa shape index (κ2) is 12.1. The van der Waals surface area contributed by atoms with E-state index in [1.807, 2.05) is 37.3 Å². The molecule has 1 heterocycles. The van der Waals surface area contributed by atoms with Crippen LogP contribution in [0.3, 0.4) is 0 Å². The van der Waals surface area contributed by atoms with Gasteiger partial charge < -0.3 is 20.4 Å². The van der Waals surface area contributed by atoms with Crippen molar-refractivity contribution in [3.8, 4) is 0 Å². The summed E-state index contributed by atoms with van der Waals surface area (Å²) in [5, 5.41) is 9.19. The fourth-order valence-corrected chi connectivity index (χ4v) is 2.79. The number of aryl methyl sites for hydroxylation is 1. The molecule has 2 aromatic carbocycles. The quantitative estimate of drug-likeness (QED) is 0.229. The number of benzene rings is 2. The lowest BCUT2D eigenvalue weighted by Gasteiger charge is -2.12. The van der Waals surface area contributed by atoms with Gasteiger partial charge in [0.1, 0.15) is 5.82 Å². The van der Waals surface area contributed by atoms with E-state index in [-0.39, 0.29) is 41.5 Å². The molecule has 0 atom stereocenters. The van der Waals surface area contributed by atoms with Crippen LogP contribution >= 0.6 is 24.0 Å². The van der Waals surface area contributed by atoms with Crippen molar-refractivity contribution < 1.29 is 13.6 Å². The SMILES string of the molecule is CCNC(=NCc1cccc(NC(=O)c2ccco2)c1)NCc1ccc(C)c(F)c1.I. The van der Waals surface area contributed by atoms with Gasteiger partial charge in [-0.2, -0.15) is 0 Å². The first-order valence-electron chi connectivity index (χ1n) is 9.76. The lowest BCUT2D eigenvalue weighted by Crippen LogP contribution is -2.36. The number of nitrogens with zero attached hydrogens (tertiary/aromatic N) is 1. The first-order chi connectivity index (χ1) is 14.5. The van der Waals surface area contributed by atoms with Gasteiger partial charge in [0.15, 0.2) is 11.7 Å². The Morgan fingerprint density at radius 2 is 1.90 bits per heavy atom. The molecule has 8 heteroatoms. The third-order valence-electron chi connectivity index (χ3n) is 4.39. The van der Waals surface area contributed by atoms with E-state index in [0.717, 1.165) is 11.1 Å². The van der Waals surface area contributed by atoms with Crippen molar-refractivity contribution in [2.75, 3.05) is 11.9 Å². The van der Waals surface area contributed by atoms with Crippen molar-refractivity contribution in [2.45, 2.75) is 26.9 Å². The minimum absolute atomic E-state index is 0. The molecule has 0 spiro atoms. The molecule has 31 heavy (non-hydrogen) atoms. The molecule has 164 valence electrons. The number of hydrogen-bond donors (Lipinski definition) is 3. The first kappa shape index (κ1) is 24.4. The van der Waals surface area contributed by atoms with Gasteiger partial charge in [-0.25, -0.2) is 9.38 Å². The zero-order valence-corrected chi connectivity index (χ0v) is 19.8. The van der Waals surface area contributed by atoms with Crippen molar-refractivity contribution in [2.24, 2.45) is 4.99 Å². The molecule has 0 saturated carbocycles. The van der Waals surface area contributed by atoms with Crippen LogP contribution in [0, 0.1) is 12.7 Å². The molecular formula is C23H26FIN4O2. The molecule has 3 aromatic rings. The maximum absolute atomic E-state index is 13.7. The highest BCUT2D eigenvalue weighted by Crippen LogP contribution is 2.14. The number of carbonyl (C=O) groups excluding carboxylic acids is 1. The highest BCUT2D eigenvalue weighted by Gasteiger charge is 2.09. The lowest BCUT2D eigenvalue weighted by atomic mass is 10.1. The van der Waals surface area contributed by atoms with Gasteiger partial charge in [0.25, 0.3) is 5.91 Å². The van der Waals surface area contributed by atoms with Gasteiger partial charge >= 0.3 is 0 Å². The summed E-state index contributed by atoms with van der Waals surface area (Å²) in [6.07, 6.45) is 1.46. The molecular weight excluding hydrogens is 510 g/mol. The molecule has 0 aliphatic carbocycles. The number of furan rings is 1. The van der Waals surface area contributed by atoms with Gasteiger partial charge in [0, 0.05) is 18.8 Å². The van der Waals surface area contributed by atoms with E-state index in [9.17, 15) is 9.18 Å². The fourth-order valence-electron chi connectivity index (χ4n) is 2.79. The van der Waals surface area contributed by atoms with Crippen LogP contribution in [0.5, 0.6) is 0 Å². The number of halogens is 2. The van der Waals surface area contributed by atoms with Crippen molar-refractivity contribution in [1.29, 1.82) is 0 Å². The summed E-state index contributed by atoms with van der Waals surface area (Å²) < 4.78 is 18.8. The van der Waals surface area contributed by atoms with Gasteiger partial charge in [-0.1, -0.05) is 24.3 Å². The van der Waals surface area contributed by atoms with Crippen LogP contribution in [0.15, 0.2) is 70.3 Å². The molecule has 1 aromatic heterocycles. The van der Waals surface area contributed by atoms with Gasteiger partial charge in [0.05, 0.1) is 12.8 Å². The van der Waals surface area contributed by atoms with Crippen LogP contribution in [0.2, 0.25) is 0 Å². The average molecular weight is 536 g/mol. The normalized spacial score (nSPS) is 10.9. The van der Waals surface area contributed by atoms with Crippen molar-refractivity contribution in [3.05, 3.63) is 89.1 Å². The minimum atomic E-state index is -0.305. The topological polar surface area (TPSA) is 78.7 Å². The highest BCUT2D eigenvalue weighted by atomic mass is 127. The first-order valence-corrected chi connectivity index (χ1v) is 9.76. The second-order valence-electron chi connectivity index (χ2n) is 6.76. The van der Waals surface area contributed by atoms with E-state index in [1.54, 1.807) is 25.1 Å². The maximum atomic E-state index is 13.7. The van der Waals surface area contributed by atoms with Crippen LogP contribution < -0.4 is 16.0 Å². The second-order valence-corrected chi connectivity index (χ2v) is 6.76. The Morgan fingerprint density at radius 1 is 1.06 bits per heavy atom. The average Bonchev–Trinajstić information content (AvgIpc) is 3.28. The summed E-state index contributed by atoms with van der Waals surface area (Å²) in [5.74, 6) is 0.360. The Hall–Kier alpha value is -2.88. The predicted octanol–water partition coefficient (Wildman–Crippen LogP) is 4.85. The van der Waals surface area contributed by atoms with Gasteiger partial charge in [0.2, 0.25) is 0 Å². The molecule has 0 bridgehead atoms. The molecule has 0 unspecified atom stereocenters. The molecule has 0 radical (unpaired) electrons. The summed E-state index contributed by atoms with van der Waals surface area (Å²) >= 11 is 0. The number of hydrogen-bond acceptors (Lipinski definition) is 3. The van der Waals surface area contributed by atoms with Gasteiger partial charge in [-0.15, -0.1) is 24.0 Å². The van der Waals surface area contributed by atoms with Crippen LogP contribution in [-0.4, -0.2) is 18.4 Å². The van der Waals surface area contributed by atoms with E-state index in [2.05, 4.69) is 20.9 Å². The number of guanidine groups is 1. The highest BCUT2D eigenvalue weighted by molar-refractivity contribution is 14.0. The number of carbonyl (C=O) groups is 1. The van der Waals surface area contributed by atoms with Crippen molar-refractivity contribution >= 4 is 41.5 Å². The summed E-state index contributed by atoms with van der Waals surface area (Å²) in [6, 6.07) is 15.9. The Bertz CT molecular complexity index is 1020. The molecule has 0 fully saturated rings. The summed E-state index contributed by atoms with van der Waals surface area (Å²) in [5.41, 5.74) is 3.06. The molecule has 0 saturated heterocycles. The van der Waals surface area contributed by atoms with E-state index in [4.69, 9.17) is 4.42 Å². The summed E-state index contributed by atoms with van der Waals surface area (Å²) in [6.45, 7) is 5.30. The smallest absolute Gasteiger partial charge is 0.291 e. The predicted molar refractivity (Wildman–Crippen MR) is 131 cm³/mol. The molecule has 0 aliphatic heterocycles. The third-order valence-corrected chi connectivity index (χ3v) is 4.39. The number of amides is 1. The largest absolute Gasteiger partial charge is 0.459 e. The number of nitrogens with one attached hydrogen (secondary N) is 3. The lowest BCUT2D eigenvalue weighted by molar-refractivity contribution is 0.0996. The van der Waals surface area contributed by atoms with Crippen LogP contribution in [0.1, 0.15) is 34.2 Å². The molecule has 1 amide bonds. The van der Waals surface area contributed by atoms with Crippen LogP contribution in [-0.2, 0) is 13.1 Å². The third kappa shape index (κ3) is 7.39.